The number of hydrogen-bond acceptors (Lipinski definition) is 6. The monoisotopic (exact) mass is 670 g/mol. The number of carbonyl (C=O) groups excluding carboxylic acids is 2. The second kappa shape index (κ2) is 10.5. The number of aromatic nitrogens is 2. The second-order valence-corrected chi connectivity index (χ2v) is 12.6. The average Bonchev–Trinajstić information content (AvgIpc) is 3.76. The molecule has 1 saturated carbocycles. The summed E-state index contributed by atoms with van der Waals surface area (Å²) >= 11 is 9.50. The van der Waals surface area contributed by atoms with Crippen molar-refractivity contribution in [1.82, 2.24) is 15.3 Å². The number of ether oxygens (including phenoxy) is 1. The van der Waals surface area contributed by atoms with Gasteiger partial charge in [-0.3, -0.25) is 14.6 Å². The summed E-state index contributed by atoms with van der Waals surface area (Å²) in [6.07, 6.45) is 2.98. The molecule has 8 nitrogen and oxygen atoms in total. The van der Waals surface area contributed by atoms with Gasteiger partial charge in [0.05, 0.1) is 27.3 Å². The molecule has 6 rings (SSSR count). The fraction of sp³-hybridized carbons (Fsp3) is 0.290. The second-order valence-electron chi connectivity index (χ2n) is 11.4. The molecule has 4 aromatic rings. The number of fused-ring (bicyclic) bond motifs is 2. The number of nitrogens with one attached hydrogen (secondary N) is 1. The zero-order valence-electron chi connectivity index (χ0n) is 23.1. The Labute approximate surface area is 258 Å². The van der Waals surface area contributed by atoms with Crippen LogP contribution in [0.4, 0.5) is 8.78 Å². The third-order valence-electron chi connectivity index (χ3n) is 8.23. The lowest BCUT2D eigenvalue weighted by Crippen LogP contribution is -2.44. The number of hydrogen-bond donors (Lipinski definition) is 3. The molecule has 2 aromatic carbocycles. The number of nitrogens with zero attached hydrogens (tertiary/aromatic N) is 2. The van der Waals surface area contributed by atoms with E-state index in [1.807, 2.05) is 13.0 Å². The Morgan fingerprint density at radius 2 is 1.95 bits per heavy atom. The molecule has 2 aliphatic rings. The van der Waals surface area contributed by atoms with Gasteiger partial charge < -0.3 is 20.9 Å². The van der Waals surface area contributed by atoms with Crippen LogP contribution in [0, 0.1) is 24.5 Å². The van der Waals surface area contributed by atoms with E-state index in [4.69, 9.17) is 22.1 Å². The molecule has 1 aliphatic heterocycles. The lowest BCUT2D eigenvalue weighted by molar-refractivity contribution is -0.123. The molecule has 2 aromatic heterocycles. The summed E-state index contributed by atoms with van der Waals surface area (Å²) in [6.45, 7) is 3.09. The molecule has 12 heteroatoms. The van der Waals surface area contributed by atoms with Crippen molar-refractivity contribution in [2.24, 2.45) is 11.7 Å². The van der Waals surface area contributed by atoms with Gasteiger partial charge in [0.15, 0.2) is 0 Å². The average molecular weight is 672 g/mol. The van der Waals surface area contributed by atoms with Crippen LogP contribution in [0.2, 0.25) is 5.02 Å². The predicted octanol–water partition coefficient (Wildman–Crippen LogP) is 5.46. The van der Waals surface area contributed by atoms with Crippen LogP contribution >= 0.6 is 27.5 Å². The number of carbonyl (C=O) groups is 2. The minimum Gasteiger partial charge on any atom is -0.489 e. The predicted molar refractivity (Wildman–Crippen MR) is 160 cm³/mol. The van der Waals surface area contributed by atoms with Crippen LogP contribution in [-0.2, 0) is 15.8 Å². The quantitative estimate of drug-likeness (QED) is 0.224. The van der Waals surface area contributed by atoms with Gasteiger partial charge in [-0.15, -0.1) is 0 Å². The molecule has 0 spiro atoms. The van der Waals surface area contributed by atoms with E-state index in [1.165, 1.54) is 18.2 Å². The van der Waals surface area contributed by atoms with Crippen LogP contribution in [0.1, 0.15) is 46.9 Å². The molecule has 1 aliphatic carbocycles. The van der Waals surface area contributed by atoms with Crippen molar-refractivity contribution < 1.29 is 28.2 Å². The van der Waals surface area contributed by atoms with Gasteiger partial charge in [0.25, 0.3) is 5.91 Å². The van der Waals surface area contributed by atoms with Gasteiger partial charge >= 0.3 is 0 Å². The standard InChI is InChI=1S/C31H26BrClF2N4O4/c1-14-5-15-6-16(7-21(33)25(15)37-11-14)28(40)38-12-31(42,17-3-4-17)24-9-19-27(43-13-30(19,2)29(36)41)26(39-24)18-8-20(32)23(35)10-22(18)34/h5-11,17,42H,3-4,12-13H2,1-2H3,(H2,36,41)(H,38,40)/t30-,31+/m0/s1. The zero-order chi connectivity index (χ0) is 30.8. The van der Waals surface area contributed by atoms with E-state index in [9.17, 15) is 19.1 Å². The maximum Gasteiger partial charge on any atom is 0.251 e. The molecule has 3 heterocycles. The molecule has 222 valence electrons. The molecular weight excluding hydrogens is 646 g/mol. The normalized spacial score (nSPS) is 19.0. The number of aryl methyl sites for hydroxylation is 1. The Bertz CT molecular complexity index is 1850. The third-order valence-corrected chi connectivity index (χ3v) is 9.13. The number of aliphatic hydroxyl groups is 1. The molecule has 2 atom stereocenters. The fourth-order valence-electron chi connectivity index (χ4n) is 5.46. The van der Waals surface area contributed by atoms with Crippen LogP contribution in [0.15, 0.2) is 47.1 Å². The van der Waals surface area contributed by atoms with Crippen molar-refractivity contribution >= 4 is 50.2 Å². The van der Waals surface area contributed by atoms with Crippen molar-refractivity contribution in [2.75, 3.05) is 13.2 Å². The largest absolute Gasteiger partial charge is 0.489 e. The summed E-state index contributed by atoms with van der Waals surface area (Å²) in [5, 5.41) is 15.9. The zero-order valence-corrected chi connectivity index (χ0v) is 25.4. The number of primary amides is 1. The van der Waals surface area contributed by atoms with Gasteiger partial charge in [0, 0.05) is 34.3 Å². The first-order valence-electron chi connectivity index (χ1n) is 13.5. The van der Waals surface area contributed by atoms with Crippen LogP contribution in [0.25, 0.3) is 22.2 Å². The highest BCUT2D eigenvalue weighted by Crippen LogP contribution is 2.50. The van der Waals surface area contributed by atoms with Crippen molar-refractivity contribution in [1.29, 1.82) is 0 Å². The van der Waals surface area contributed by atoms with E-state index in [0.717, 1.165) is 5.56 Å². The topological polar surface area (TPSA) is 127 Å². The maximum atomic E-state index is 15.2. The summed E-state index contributed by atoms with van der Waals surface area (Å²) in [6, 6.07) is 8.50. The number of nitrogens with two attached hydrogens (primary N) is 1. The third kappa shape index (κ3) is 5.03. The highest BCUT2D eigenvalue weighted by atomic mass is 79.9. The molecule has 0 saturated heterocycles. The summed E-state index contributed by atoms with van der Waals surface area (Å²) in [7, 11) is 0. The highest BCUT2D eigenvalue weighted by molar-refractivity contribution is 9.10. The molecule has 0 radical (unpaired) electrons. The van der Waals surface area contributed by atoms with Gasteiger partial charge in [0.1, 0.15) is 40.7 Å². The number of halogens is 4. The Balaban J connectivity index is 1.42. The highest BCUT2D eigenvalue weighted by Gasteiger charge is 2.50. The molecule has 0 bridgehead atoms. The SMILES string of the molecule is Cc1cnc2c(Cl)cc(C(=O)NC[C@](O)(c3cc4c(c(-c5cc(Br)c(F)cc5F)n3)OC[C@]4(C)C(N)=O)C3CC3)cc2c1. The fourth-order valence-corrected chi connectivity index (χ4v) is 6.08. The van der Waals surface area contributed by atoms with Crippen molar-refractivity contribution in [2.45, 2.75) is 37.7 Å². The van der Waals surface area contributed by atoms with Crippen molar-refractivity contribution in [3.8, 4) is 17.0 Å². The molecular formula is C31H26BrClF2N4O4. The Morgan fingerprint density at radius 1 is 1.21 bits per heavy atom. The molecule has 1 fully saturated rings. The summed E-state index contributed by atoms with van der Waals surface area (Å²) < 4.78 is 35.1. The Kier molecular flexibility index (Phi) is 7.18. The minimum absolute atomic E-state index is 0.00956. The van der Waals surface area contributed by atoms with Crippen LogP contribution in [-0.4, -0.2) is 40.0 Å². The first-order valence-corrected chi connectivity index (χ1v) is 14.7. The van der Waals surface area contributed by atoms with E-state index in [0.29, 0.717) is 40.4 Å². The molecule has 0 unspecified atom stereocenters. The summed E-state index contributed by atoms with van der Waals surface area (Å²) in [5.41, 5.74) is 4.78. The first kappa shape index (κ1) is 29.4. The van der Waals surface area contributed by atoms with E-state index >= 15 is 4.39 Å². The molecule has 4 N–H and O–H groups in total. The Hall–Kier alpha value is -3.67. The van der Waals surface area contributed by atoms with Crippen LogP contribution < -0.4 is 15.8 Å². The minimum atomic E-state index is -1.70. The smallest absolute Gasteiger partial charge is 0.251 e. The molecule has 43 heavy (non-hydrogen) atoms. The van der Waals surface area contributed by atoms with Crippen molar-refractivity contribution in [3.05, 3.63) is 86.1 Å². The maximum absolute atomic E-state index is 15.2. The van der Waals surface area contributed by atoms with E-state index in [1.54, 1.807) is 19.2 Å². The summed E-state index contributed by atoms with van der Waals surface area (Å²) in [4.78, 5) is 34.9. The van der Waals surface area contributed by atoms with E-state index in [-0.39, 0.29) is 51.8 Å². The Morgan fingerprint density at radius 3 is 2.65 bits per heavy atom. The van der Waals surface area contributed by atoms with Gasteiger partial charge in [0.2, 0.25) is 5.91 Å². The first-order chi connectivity index (χ1) is 20.3. The number of amides is 2. The number of pyridine rings is 2. The van der Waals surface area contributed by atoms with Gasteiger partial charge in [-0.25, -0.2) is 13.8 Å². The van der Waals surface area contributed by atoms with Crippen LogP contribution in [0.5, 0.6) is 5.75 Å². The number of benzene rings is 2. The lowest BCUT2D eigenvalue weighted by Gasteiger charge is -2.30. The van der Waals surface area contributed by atoms with Gasteiger partial charge in [-0.1, -0.05) is 11.6 Å². The molecule has 2 amide bonds. The van der Waals surface area contributed by atoms with Crippen molar-refractivity contribution in [3.63, 3.8) is 0 Å². The van der Waals surface area contributed by atoms with Gasteiger partial charge in [-0.2, -0.15) is 0 Å². The van der Waals surface area contributed by atoms with Crippen LogP contribution in [0.3, 0.4) is 0 Å². The van der Waals surface area contributed by atoms with E-state index in [2.05, 4.69) is 31.2 Å². The van der Waals surface area contributed by atoms with E-state index < -0.39 is 34.5 Å². The lowest BCUT2D eigenvalue weighted by atomic mass is 9.81. The van der Waals surface area contributed by atoms with Gasteiger partial charge in [-0.05, 0) is 84.4 Å². The number of rotatable bonds is 7. The summed E-state index contributed by atoms with van der Waals surface area (Å²) in [5.74, 6) is -3.07.